The summed E-state index contributed by atoms with van der Waals surface area (Å²) in [4.78, 5) is 63.7. The van der Waals surface area contributed by atoms with E-state index in [9.17, 15) is 24.0 Å². The third kappa shape index (κ3) is 10.5. The summed E-state index contributed by atoms with van der Waals surface area (Å²) in [5.41, 5.74) is 6.77. The van der Waals surface area contributed by atoms with E-state index in [0.717, 1.165) is 11.1 Å². The van der Waals surface area contributed by atoms with Gasteiger partial charge in [-0.3, -0.25) is 19.2 Å². The molecule has 4 amide bonds. The fraction of sp³-hybridized carbons (Fsp3) is 0.577. The van der Waals surface area contributed by atoms with Crippen molar-refractivity contribution in [2.24, 2.45) is 5.73 Å². The Morgan fingerprint density at radius 3 is 2.30 bits per heavy atom. The number of carbonyl (C=O) groups is 5. The second-order valence-corrected chi connectivity index (χ2v) is 9.69. The van der Waals surface area contributed by atoms with Gasteiger partial charge in [-0.05, 0) is 64.7 Å². The van der Waals surface area contributed by atoms with Crippen LogP contribution in [-0.2, 0) is 28.7 Å². The van der Waals surface area contributed by atoms with E-state index in [0.29, 0.717) is 5.56 Å². The number of nitrogens with two attached hydrogens (primary N) is 1. The van der Waals surface area contributed by atoms with Gasteiger partial charge in [0.1, 0.15) is 17.7 Å². The molecule has 0 saturated heterocycles. The molecular formula is C26H40N4O7. The zero-order chi connectivity index (χ0) is 28.3. The SMILES string of the molecule is CCOC(=O)CCNC(=O)C(c1cccc(C)c1C)N(C)C(=O)C(CCC(N)=O)NC(=O)OC(C)(C)C. The first-order valence-electron chi connectivity index (χ1n) is 12.2. The van der Waals surface area contributed by atoms with Gasteiger partial charge < -0.3 is 30.7 Å². The van der Waals surface area contributed by atoms with Crippen LogP contribution < -0.4 is 16.4 Å². The van der Waals surface area contributed by atoms with E-state index in [4.69, 9.17) is 15.2 Å². The average Bonchev–Trinajstić information content (AvgIpc) is 2.77. The summed E-state index contributed by atoms with van der Waals surface area (Å²) in [6.45, 7) is 10.7. The number of hydrogen-bond acceptors (Lipinski definition) is 7. The lowest BCUT2D eigenvalue weighted by Gasteiger charge is -2.32. The average molecular weight is 521 g/mol. The van der Waals surface area contributed by atoms with Crippen LogP contribution in [0.15, 0.2) is 18.2 Å². The van der Waals surface area contributed by atoms with Gasteiger partial charge in [-0.15, -0.1) is 0 Å². The van der Waals surface area contributed by atoms with Crippen LogP contribution in [0.3, 0.4) is 0 Å². The second-order valence-electron chi connectivity index (χ2n) is 9.69. The molecule has 0 aliphatic heterocycles. The zero-order valence-electron chi connectivity index (χ0n) is 22.8. The number of benzene rings is 1. The number of alkyl carbamates (subject to hydrolysis) is 1. The first kappa shape index (κ1) is 31.4. The molecule has 37 heavy (non-hydrogen) atoms. The number of hydrogen-bond donors (Lipinski definition) is 3. The second kappa shape index (κ2) is 14.2. The van der Waals surface area contributed by atoms with Crippen molar-refractivity contribution in [3.63, 3.8) is 0 Å². The van der Waals surface area contributed by atoms with Crippen molar-refractivity contribution < 1.29 is 33.4 Å². The smallest absolute Gasteiger partial charge is 0.408 e. The molecule has 4 N–H and O–H groups in total. The molecule has 0 aromatic heterocycles. The van der Waals surface area contributed by atoms with Gasteiger partial charge in [-0.25, -0.2) is 4.79 Å². The summed E-state index contributed by atoms with van der Waals surface area (Å²) in [7, 11) is 1.44. The van der Waals surface area contributed by atoms with E-state index >= 15 is 0 Å². The Kier molecular flexibility index (Phi) is 12.0. The Bertz CT molecular complexity index is 988. The van der Waals surface area contributed by atoms with Crippen molar-refractivity contribution in [3.8, 4) is 0 Å². The van der Waals surface area contributed by atoms with Crippen LogP contribution in [0.1, 0.15) is 69.7 Å². The minimum absolute atomic E-state index is 0.0162. The van der Waals surface area contributed by atoms with E-state index in [1.807, 2.05) is 19.9 Å². The largest absolute Gasteiger partial charge is 0.466 e. The summed E-state index contributed by atoms with van der Waals surface area (Å²) in [5, 5.41) is 5.19. The normalized spacial score (nSPS) is 12.6. The van der Waals surface area contributed by atoms with E-state index in [1.165, 1.54) is 11.9 Å². The molecule has 0 spiro atoms. The molecule has 1 rings (SSSR count). The number of ether oxygens (including phenoxy) is 2. The Morgan fingerprint density at radius 2 is 1.73 bits per heavy atom. The fourth-order valence-corrected chi connectivity index (χ4v) is 3.58. The van der Waals surface area contributed by atoms with Crippen molar-refractivity contribution in [2.45, 2.75) is 78.5 Å². The Morgan fingerprint density at radius 1 is 1.08 bits per heavy atom. The third-order valence-electron chi connectivity index (χ3n) is 5.53. The molecule has 0 bridgehead atoms. The number of esters is 1. The van der Waals surface area contributed by atoms with Gasteiger partial charge in [0.2, 0.25) is 17.7 Å². The van der Waals surface area contributed by atoms with Gasteiger partial charge in [0.05, 0.1) is 13.0 Å². The molecule has 11 heteroatoms. The molecule has 1 aromatic carbocycles. The predicted molar refractivity (Wildman–Crippen MR) is 137 cm³/mol. The monoisotopic (exact) mass is 520 g/mol. The predicted octanol–water partition coefficient (Wildman–Crippen LogP) is 2.03. The molecule has 2 atom stereocenters. The molecule has 0 heterocycles. The van der Waals surface area contributed by atoms with E-state index in [-0.39, 0.29) is 32.4 Å². The number of primary amides is 1. The van der Waals surface area contributed by atoms with Crippen molar-refractivity contribution in [1.82, 2.24) is 15.5 Å². The van der Waals surface area contributed by atoms with Gasteiger partial charge in [0.25, 0.3) is 0 Å². The van der Waals surface area contributed by atoms with Gasteiger partial charge >= 0.3 is 12.1 Å². The van der Waals surface area contributed by atoms with Crippen LogP contribution in [0, 0.1) is 13.8 Å². The van der Waals surface area contributed by atoms with Gasteiger partial charge in [0.15, 0.2) is 0 Å². The van der Waals surface area contributed by atoms with Crippen LogP contribution in [0.4, 0.5) is 4.79 Å². The van der Waals surface area contributed by atoms with Crippen LogP contribution in [-0.4, -0.2) is 66.5 Å². The van der Waals surface area contributed by atoms with Gasteiger partial charge in [-0.1, -0.05) is 18.2 Å². The quantitative estimate of drug-likeness (QED) is 0.356. The number of carbonyl (C=O) groups excluding carboxylic acids is 5. The molecular weight excluding hydrogens is 480 g/mol. The van der Waals surface area contributed by atoms with Crippen molar-refractivity contribution >= 4 is 29.8 Å². The number of nitrogens with zero attached hydrogens (tertiary/aromatic N) is 1. The summed E-state index contributed by atoms with van der Waals surface area (Å²) < 4.78 is 10.2. The first-order valence-corrected chi connectivity index (χ1v) is 12.2. The maximum Gasteiger partial charge on any atom is 0.408 e. The molecule has 2 unspecified atom stereocenters. The maximum atomic E-state index is 13.6. The van der Waals surface area contributed by atoms with E-state index in [1.54, 1.807) is 39.8 Å². The summed E-state index contributed by atoms with van der Waals surface area (Å²) >= 11 is 0. The molecule has 11 nitrogen and oxygen atoms in total. The molecule has 0 fully saturated rings. The standard InChI is InChI=1S/C26H40N4O7/c1-8-36-21(32)14-15-28-23(33)22(18-11-9-10-16(2)17(18)3)30(7)24(34)19(12-13-20(27)31)29-25(35)37-26(4,5)6/h9-11,19,22H,8,12-15H2,1-7H3,(H2,27,31)(H,28,33)(H,29,35). The maximum absolute atomic E-state index is 13.6. The van der Waals surface area contributed by atoms with Gasteiger partial charge in [-0.2, -0.15) is 0 Å². The highest BCUT2D eigenvalue weighted by Crippen LogP contribution is 2.26. The number of rotatable bonds is 12. The first-order chi connectivity index (χ1) is 17.2. The fourth-order valence-electron chi connectivity index (χ4n) is 3.58. The number of likely N-dealkylation sites (N-methyl/N-ethyl adjacent to an activating group) is 1. The molecule has 0 radical (unpaired) electrons. The molecule has 206 valence electrons. The van der Waals surface area contributed by atoms with Crippen LogP contribution >= 0.6 is 0 Å². The molecule has 1 aromatic rings. The highest BCUT2D eigenvalue weighted by molar-refractivity contribution is 5.92. The topological polar surface area (TPSA) is 157 Å². The van der Waals surface area contributed by atoms with Crippen molar-refractivity contribution in [3.05, 3.63) is 34.9 Å². The molecule has 0 saturated carbocycles. The number of aryl methyl sites for hydroxylation is 1. The Hall–Kier alpha value is -3.63. The lowest BCUT2D eigenvalue weighted by atomic mass is 9.95. The van der Waals surface area contributed by atoms with E-state index in [2.05, 4.69) is 10.6 Å². The van der Waals surface area contributed by atoms with Crippen molar-refractivity contribution in [1.29, 1.82) is 0 Å². The summed E-state index contributed by atoms with van der Waals surface area (Å²) in [6, 6.07) is 3.15. The summed E-state index contributed by atoms with van der Waals surface area (Å²) in [5.74, 6) is -2.23. The van der Waals surface area contributed by atoms with Crippen LogP contribution in [0.25, 0.3) is 0 Å². The highest BCUT2D eigenvalue weighted by atomic mass is 16.6. The number of amides is 4. The Labute approximate surface area is 218 Å². The van der Waals surface area contributed by atoms with E-state index < -0.39 is 47.5 Å². The Balaban J connectivity index is 3.28. The molecule has 0 aliphatic carbocycles. The molecule has 0 aliphatic rings. The highest BCUT2D eigenvalue weighted by Gasteiger charge is 2.35. The minimum atomic E-state index is -1.17. The van der Waals surface area contributed by atoms with Gasteiger partial charge in [0, 0.05) is 20.0 Å². The lowest BCUT2D eigenvalue weighted by molar-refractivity contribution is -0.144. The minimum Gasteiger partial charge on any atom is -0.466 e. The van der Waals surface area contributed by atoms with Crippen molar-refractivity contribution in [2.75, 3.05) is 20.2 Å². The lowest BCUT2D eigenvalue weighted by Crippen LogP contribution is -2.52. The number of nitrogens with one attached hydrogen (secondary N) is 2. The zero-order valence-corrected chi connectivity index (χ0v) is 22.8. The van der Waals surface area contributed by atoms with Crippen LogP contribution in [0.2, 0.25) is 0 Å². The van der Waals surface area contributed by atoms with Crippen LogP contribution in [0.5, 0.6) is 0 Å². The third-order valence-corrected chi connectivity index (χ3v) is 5.53. The summed E-state index contributed by atoms with van der Waals surface area (Å²) in [6.07, 6.45) is -1.12.